The van der Waals surface area contributed by atoms with Crippen LogP contribution < -0.4 is 0 Å². The second kappa shape index (κ2) is 3.48. The van der Waals surface area contributed by atoms with Gasteiger partial charge in [0.25, 0.3) is 5.91 Å². The second-order valence-corrected chi connectivity index (χ2v) is 3.16. The summed E-state index contributed by atoms with van der Waals surface area (Å²) in [5.41, 5.74) is 0.993. The number of methoxy groups -OCH3 is 1. The molecule has 1 aliphatic carbocycles. The van der Waals surface area contributed by atoms with Gasteiger partial charge in [-0.15, -0.1) is 0 Å². The number of carbonyl (C=O) groups excluding carboxylic acids is 1. The van der Waals surface area contributed by atoms with Crippen LogP contribution in [0.1, 0.15) is 0 Å². The first-order valence-corrected chi connectivity index (χ1v) is 4.39. The molecule has 1 amide bonds. The number of hydrogen-bond acceptors (Lipinski definition) is 3. The van der Waals surface area contributed by atoms with Gasteiger partial charge in [0.1, 0.15) is 0 Å². The van der Waals surface area contributed by atoms with E-state index in [1.54, 1.807) is 25.3 Å². The van der Waals surface area contributed by atoms with Crippen molar-refractivity contribution < 1.29 is 9.53 Å². The average Bonchev–Trinajstić information content (AvgIpc) is 2.17. The zero-order valence-electron chi connectivity index (χ0n) is 7.40. The number of amides is 1. The standard InChI is InChI=1S/C9H7ClN2O2/c1-14-5-2-3-7-6(4-5)8(13)12-9(10)11-7/h2-5H,1H3. The Labute approximate surface area is 85.6 Å². The number of allylic oxidation sites excluding steroid dienone is 1. The maximum absolute atomic E-state index is 11.4. The Bertz CT molecular complexity index is 407. The zero-order chi connectivity index (χ0) is 10.1. The van der Waals surface area contributed by atoms with Crippen molar-refractivity contribution in [1.82, 2.24) is 0 Å². The molecule has 0 fully saturated rings. The summed E-state index contributed by atoms with van der Waals surface area (Å²) in [6, 6.07) is 0. The van der Waals surface area contributed by atoms with Crippen LogP contribution in [0.4, 0.5) is 0 Å². The molecular weight excluding hydrogens is 204 g/mol. The van der Waals surface area contributed by atoms with E-state index in [9.17, 15) is 4.79 Å². The zero-order valence-corrected chi connectivity index (χ0v) is 8.15. The summed E-state index contributed by atoms with van der Waals surface area (Å²) in [4.78, 5) is 18.8. The molecule has 1 unspecified atom stereocenters. The molecule has 0 aromatic rings. The lowest BCUT2D eigenvalue weighted by Gasteiger charge is -2.16. The van der Waals surface area contributed by atoms with Gasteiger partial charge in [0.05, 0.1) is 17.4 Å². The van der Waals surface area contributed by atoms with Crippen LogP contribution in [0, 0.1) is 0 Å². The predicted octanol–water partition coefficient (Wildman–Crippen LogP) is 1.07. The van der Waals surface area contributed by atoms with Crippen LogP contribution in [0.5, 0.6) is 0 Å². The van der Waals surface area contributed by atoms with E-state index in [1.807, 2.05) is 0 Å². The molecule has 5 heteroatoms. The van der Waals surface area contributed by atoms with Crippen molar-refractivity contribution in [3.63, 3.8) is 0 Å². The summed E-state index contributed by atoms with van der Waals surface area (Å²) in [7, 11) is 1.57. The fourth-order valence-electron chi connectivity index (χ4n) is 1.27. The summed E-state index contributed by atoms with van der Waals surface area (Å²) >= 11 is 5.55. The minimum absolute atomic E-state index is 0.0253. The van der Waals surface area contributed by atoms with Crippen molar-refractivity contribution >= 4 is 28.5 Å². The Morgan fingerprint density at radius 3 is 3.00 bits per heavy atom. The van der Waals surface area contributed by atoms with Crippen LogP contribution in [-0.2, 0) is 9.53 Å². The van der Waals surface area contributed by atoms with Gasteiger partial charge in [-0.1, -0.05) is 0 Å². The number of nitrogens with zero attached hydrogens (tertiary/aromatic N) is 2. The molecular formula is C9H7ClN2O2. The number of fused-ring (bicyclic) bond motifs is 1. The quantitative estimate of drug-likeness (QED) is 0.608. The first kappa shape index (κ1) is 9.30. The molecule has 1 heterocycles. The maximum atomic E-state index is 11.4. The van der Waals surface area contributed by atoms with Gasteiger partial charge in [-0.3, -0.25) is 4.79 Å². The first-order chi connectivity index (χ1) is 6.70. The Kier molecular flexibility index (Phi) is 2.31. The van der Waals surface area contributed by atoms with Crippen LogP contribution in [0.2, 0.25) is 0 Å². The number of amidine groups is 1. The molecule has 14 heavy (non-hydrogen) atoms. The molecule has 0 spiro atoms. The number of ether oxygens (including phenoxy) is 1. The number of carbonyl (C=O) groups is 1. The third kappa shape index (κ3) is 1.54. The maximum Gasteiger partial charge on any atom is 0.281 e. The van der Waals surface area contributed by atoms with E-state index in [1.165, 1.54) is 0 Å². The predicted molar refractivity (Wildman–Crippen MR) is 53.8 cm³/mol. The van der Waals surface area contributed by atoms with Crippen LogP contribution in [0.3, 0.4) is 0 Å². The van der Waals surface area contributed by atoms with Gasteiger partial charge in [-0.2, -0.15) is 4.99 Å². The fourth-order valence-corrected chi connectivity index (χ4v) is 1.44. The Balaban J connectivity index is 2.40. The van der Waals surface area contributed by atoms with E-state index in [2.05, 4.69) is 9.98 Å². The van der Waals surface area contributed by atoms with Crippen molar-refractivity contribution in [2.45, 2.75) is 6.10 Å². The highest BCUT2D eigenvalue weighted by Gasteiger charge is 2.23. The lowest BCUT2D eigenvalue weighted by atomic mass is 10.0. The Morgan fingerprint density at radius 2 is 2.29 bits per heavy atom. The number of rotatable bonds is 1. The lowest BCUT2D eigenvalue weighted by Crippen LogP contribution is -2.22. The number of aliphatic imine (C=N–C) groups is 2. The number of hydrogen-bond donors (Lipinski definition) is 0. The third-order valence-corrected chi connectivity index (χ3v) is 2.13. The second-order valence-electron chi connectivity index (χ2n) is 2.82. The van der Waals surface area contributed by atoms with E-state index in [0.29, 0.717) is 11.3 Å². The van der Waals surface area contributed by atoms with Crippen molar-refractivity contribution in [3.8, 4) is 0 Å². The monoisotopic (exact) mass is 210 g/mol. The largest absolute Gasteiger partial charge is 0.373 e. The molecule has 1 atom stereocenters. The molecule has 0 saturated carbocycles. The SMILES string of the molecule is COC1C=CC2=NC(Cl)=NC(=O)C2=C1. The smallest absolute Gasteiger partial charge is 0.281 e. The third-order valence-electron chi connectivity index (χ3n) is 1.96. The minimum Gasteiger partial charge on any atom is -0.373 e. The summed E-state index contributed by atoms with van der Waals surface area (Å²) in [5.74, 6) is -0.369. The highest BCUT2D eigenvalue weighted by Crippen LogP contribution is 2.17. The molecule has 72 valence electrons. The topological polar surface area (TPSA) is 51.0 Å². The van der Waals surface area contributed by atoms with Gasteiger partial charge >= 0.3 is 0 Å². The molecule has 1 aliphatic heterocycles. The molecule has 2 aliphatic rings. The molecule has 0 N–H and O–H groups in total. The normalized spacial score (nSPS) is 25.1. The van der Waals surface area contributed by atoms with Crippen LogP contribution in [-0.4, -0.2) is 30.1 Å². The lowest BCUT2D eigenvalue weighted by molar-refractivity contribution is -0.114. The number of halogens is 1. The summed E-state index contributed by atoms with van der Waals surface area (Å²) in [5, 5.41) is -0.0253. The Morgan fingerprint density at radius 1 is 1.50 bits per heavy atom. The van der Waals surface area contributed by atoms with E-state index >= 15 is 0 Å². The highest BCUT2D eigenvalue weighted by molar-refractivity contribution is 6.67. The first-order valence-electron chi connectivity index (χ1n) is 4.01. The van der Waals surface area contributed by atoms with Crippen molar-refractivity contribution in [3.05, 3.63) is 23.8 Å². The molecule has 0 radical (unpaired) electrons. The summed E-state index contributed by atoms with van der Waals surface area (Å²) < 4.78 is 5.06. The average molecular weight is 211 g/mol. The molecule has 0 aromatic carbocycles. The van der Waals surface area contributed by atoms with E-state index in [-0.39, 0.29) is 17.3 Å². The fraction of sp³-hybridized carbons (Fsp3) is 0.222. The summed E-state index contributed by atoms with van der Waals surface area (Å²) in [6.45, 7) is 0. The minimum atomic E-state index is -0.369. The van der Waals surface area contributed by atoms with Crippen LogP contribution >= 0.6 is 11.6 Å². The van der Waals surface area contributed by atoms with Gasteiger partial charge in [0.2, 0.25) is 5.29 Å². The van der Waals surface area contributed by atoms with Gasteiger partial charge < -0.3 is 4.74 Å². The molecule has 0 aromatic heterocycles. The molecule has 0 bridgehead atoms. The summed E-state index contributed by atoms with van der Waals surface area (Å²) in [6.07, 6.45) is 4.98. The van der Waals surface area contributed by atoms with E-state index < -0.39 is 0 Å². The van der Waals surface area contributed by atoms with Crippen molar-refractivity contribution in [2.75, 3.05) is 7.11 Å². The molecule has 0 saturated heterocycles. The van der Waals surface area contributed by atoms with Gasteiger partial charge in [-0.25, -0.2) is 4.99 Å². The van der Waals surface area contributed by atoms with E-state index in [4.69, 9.17) is 16.3 Å². The Hall–Kier alpha value is -1.26. The van der Waals surface area contributed by atoms with Gasteiger partial charge in [0, 0.05) is 7.11 Å². The molecule has 4 nitrogen and oxygen atoms in total. The van der Waals surface area contributed by atoms with Crippen molar-refractivity contribution in [2.24, 2.45) is 9.98 Å². The van der Waals surface area contributed by atoms with Gasteiger partial charge in [0.15, 0.2) is 0 Å². The molecule has 2 rings (SSSR count). The van der Waals surface area contributed by atoms with E-state index in [0.717, 1.165) is 0 Å². The van der Waals surface area contributed by atoms with Crippen LogP contribution in [0.25, 0.3) is 0 Å². The highest BCUT2D eigenvalue weighted by atomic mass is 35.5. The van der Waals surface area contributed by atoms with Gasteiger partial charge in [-0.05, 0) is 29.8 Å². The van der Waals surface area contributed by atoms with Crippen molar-refractivity contribution in [1.29, 1.82) is 0 Å². The van der Waals surface area contributed by atoms with Crippen LogP contribution in [0.15, 0.2) is 33.8 Å².